The van der Waals surface area contributed by atoms with E-state index in [-0.39, 0.29) is 12.0 Å². The van der Waals surface area contributed by atoms with Crippen molar-refractivity contribution in [3.8, 4) is 5.75 Å². The highest BCUT2D eigenvalue weighted by Gasteiger charge is 2.27. The van der Waals surface area contributed by atoms with E-state index < -0.39 is 0 Å². The molecule has 0 unspecified atom stereocenters. The molecule has 1 aromatic heterocycles. The van der Waals surface area contributed by atoms with Crippen molar-refractivity contribution < 1.29 is 4.74 Å². The quantitative estimate of drug-likeness (QED) is 0.697. The van der Waals surface area contributed by atoms with Gasteiger partial charge in [-0.2, -0.15) is 15.0 Å². The summed E-state index contributed by atoms with van der Waals surface area (Å²) in [6.07, 6.45) is 7.07. The van der Waals surface area contributed by atoms with E-state index in [0.29, 0.717) is 22.7 Å². The van der Waals surface area contributed by atoms with E-state index in [4.69, 9.17) is 27.1 Å². The zero-order valence-corrected chi connectivity index (χ0v) is 19.2. The summed E-state index contributed by atoms with van der Waals surface area (Å²) in [4.78, 5) is 20.6. The second-order valence-electron chi connectivity index (χ2n) is 8.42. The summed E-state index contributed by atoms with van der Waals surface area (Å²) in [7, 11) is 3.75. The summed E-state index contributed by atoms with van der Waals surface area (Å²) in [5.74, 6) is 2.14. The topological polar surface area (TPSA) is 83.6 Å². The van der Waals surface area contributed by atoms with Crippen molar-refractivity contribution in [1.29, 1.82) is 0 Å². The van der Waals surface area contributed by atoms with Gasteiger partial charge in [0.15, 0.2) is 0 Å². The molecule has 1 aliphatic heterocycles. The Balaban J connectivity index is 1.73. The lowest BCUT2D eigenvalue weighted by molar-refractivity contribution is 0.311. The minimum absolute atomic E-state index is 0.247. The van der Waals surface area contributed by atoms with E-state index in [0.717, 1.165) is 44.7 Å². The van der Waals surface area contributed by atoms with Crippen molar-refractivity contribution in [2.45, 2.75) is 44.6 Å². The first-order chi connectivity index (χ1) is 15.0. The van der Waals surface area contributed by atoms with Gasteiger partial charge in [0.05, 0.1) is 12.1 Å². The van der Waals surface area contributed by atoms with Crippen LogP contribution in [0.25, 0.3) is 0 Å². The van der Waals surface area contributed by atoms with Crippen LogP contribution in [0.15, 0.2) is 18.2 Å². The Morgan fingerprint density at radius 1 is 1.03 bits per heavy atom. The molecule has 2 fully saturated rings. The maximum atomic E-state index is 6.49. The van der Waals surface area contributed by atoms with Crippen molar-refractivity contribution >= 4 is 35.1 Å². The van der Waals surface area contributed by atoms with Crippen LogP contribution in [-0.2, 0) is 0 Å². The zero-order valence-electron chi connectivity index (χ0n) is 18.4. The summed E-state index contributed by atoms with van der Waals surface area (Å²) >= 11 is 6.49. The third-order valence-electron chi connectivity index (χ3n) is 6.23. The third-order valence-corrected chi connectivity index (χ3v) is 6.53. The third kappa shape index (κ3) is 5.13. The molecule has 2 aliphatic rings. The van der Waals surface area contributed by atoms with Crippen LogP contribution in [-0.4, -0.2) is 66.2 Å². The molecule has 0 bridgehead atoms. The fourth-order valence-corrected chi connectivity index (χ4v) is 4.69. The normalized spacial score (nSPS) is 18.6. The van der Waals surface area contributed by atoms with E-state index in [1.807, 2.05) is 18.2 Å². The fourth-order valence-electron chi connectivity index (χ4n) is 4.44. The van der Waals surface area contributed by atoms with Crippen LogP contribution >= 0.6 is 11.6 Å². The average molecular weight is 446 g/mol. The maximum absolute atomic E-state index is 6.49. The van der Waals surface area contributed by atoms with Crippen molar-refractivity contribution in [2.75, 3.05) is 55.9 Å². The van der Waals surface area contributed by atoms with Crippen LogP contribution in [0, 0.1) is 0 Å². The number of hydrogen-bond acceptors (Lipinski definition) is 8. The van der Waals surface area contributed by atoms with Crippen LogP contribution in [0.4, 0.5) is 23.5 Å². The van der Waals surface area contributed by atoms with E-state index in [1.54, 1.807) is 7.11 Å². The molecule has 2 aromatic rings. The maximum Gasteiger partial charge on any atom is 0.236 e. The van der Waals surface area contributed by atoms with Gasteiger partial charge in [-0.25, -0.2) is 0 Å². The van der Waals surface area contributed by atoms with Crippen LogP contribution in [0.1, 0.15) is 38.5 Å². The van der Waals surface area contributed by atoms with Crippen molar-refractivity contribution in [2.24, 2.45) is 0 Å². The Bertz CT molecular complexity index is 880. The second kappa shape index (κ2) is 9.87. The molecule has 9 heteroatoms. The molecule has 0 radical (unpaired) electrons. The van der Waals surface area contributed by atoms with Crippen LogP contribution in [0.2, 0.25) is 5.02 Å². The number of nitrogens with two attached hydrogens (primary N) is 1. The van der Waals surface area contributed by atoms with Gasteiger partial charge >= 0.3 is 0 Å². The Morgan fingerprint density at radius 3 is 2.39 bits per heavy atom. The molecular formula is C22H32ClN7O. The molecule has 1 aromatic carbocycles. The summed E-state index contributed by atoms with van der Waals surface area (Å²) < 4.78 is 5.35. The summed E-state index contributed by atoms with van der Waals surface area (Å²) in [6, 6.07) is 6.13. The molecule has 2 N–H and O–H groups in total. The van der Waals surface area contributed by atoms with Crippen LogP contribution in [0.3, 0.4) is 0 Å². The molecule has 0 spiro atoms. The molecular weight excluding hydrogens is 414 g/mol. The van der Waals surface area contributed by atoms with Crippen LogP contribution in [0.5, 0.6) is 5.75 Å². The molecule has 1 saturated carbocycles. The number of benzene rings is 1. The Labute approximate surface area is 189 Å². The van der Waals surface area contributed by atoms with Gasteiger partial charge in [-0.15, -0.1) is 0 Å². The standard InChI is InChI=1S/C22H32ClN7O/c1-28-11-13-29(14-12-28)21-25-20(24)26-22(27-21)30(16-7-5-3-4-6-8-16)17-9-10-19(31-2)18(23)15-17/h9-10,15-16H,3-8,11-14H2,1-2H3,(H2,24,25,26,27). The second-order valence-corrected chi connectivity index (χ2v) is 8.83. The number of anilines is 4. The molecule has 168 valence electrons. The molecule has 0 atom stereocenters. The van der Waals surface area contributed by atoms with Gasteiger partial charge < -0.3 is 25.2 Å². The van der Waals surface area contributed by atoms with Gasteiger partial charge in [0, 0.05) is 37.9 Å². The van der Waals surface area contributed by atoms with E-state index in [9.17, 15) is 0 Å². The highest BCUT2D eigenvalue weighted by atomic mass is 35.5. The lowest BCUT2D eigenvalue weighted by Crippen LogP contribution is -2.45. The van der Waals surface area contributed by atoms with E-state index in [2.05, 4.69) is 31.7 Å². The first kappa shape index (κ1) is 21.9. The van der Waals surface area contributed by atoms with E-state index in [1.165, 1.54) is 25.7 Å². The molecule has 1 aliphatic carbocycles. The number of nitrogen functional groups attached to an aromatic ring is 1. The lowest BCUT2D eigenvalue weighted by Gasteiger charge is -2.34. The number of halogens is 1. The van der Waals surface area contributed by atoms with Crippen molar-refractivity contribution in [1.82, 2.24) is 19.9 Å². The van der Waals surface area contributed by atoms with Crippen LogP contribution < -0.4 is 20.3 Å². The monoisotopic (exact) mass is 445 g/mol. The van der Waals surface area contributed by atoms with Crippen molar-refractivity contribution in [3.05, 3.63) is 23.2 Å². The van der Waals surface area contributed by atoms with Gasteiger partial charge in [0.2, 0.25) is 17.8 Å². The van der Waals surface area contributed by atoms with E-state index >= 15 is 0 Å². The fraction of sp³-hybridized carbons (Fsp3) is 0.591. The minimum atomic E-state index is 0.247. The number of hydrogen-bond donors (Lipinski definition) is 1. The number of piperazine rings is 1. The first-order valence-corrected chi connectivity index (χ1v) is 11.5. The van der Waals surface area contributed by atoms with Gasteiger partial charge in [-0.05, 0) is 38.1 Å². The van der Waals surface area contributed by atoms with Crippen molar-refractivity contribution in [3.63, 3.8) is 0 Å². The highest BCUT2D eigenvalue weighted by molar-refractivity contribution is 6.32. The molecule has 1 saturated heterocycles. The summed E-state index contributed by atoms with van der Waals surface area (Å²) in [5.41, 5.74) is 7.12. The molecule has 4 rings (SSSR count). The average Bonchev–Trinajstić information content (AvgIpc) is 3.04. The number of aromatic nitrogens is 3. The SMILES string of the molecule is COc1ccc(N(c2nc(N)nc(N3CCN(C)CC3)n2)C2CCCCCC2)cc1Cl. The molecule has 8 nitrogen and oxygen atoms in total. The zero-order chi connectivity index (χ0) is 21.8. The number of methoxy groups -OCH3 is 1. The highest BCUT2D eigenvalue weighted by Crippen LogP contribution is 2.36. The lowest BCUT2D eigenvalue weighted by atomic mass is 10.1. The number of nitrogens with zero attached hydrogens (tertiary/aromatic N) is 6. The molecule has 31 heavy (non-hydrogen) atoms. The summed E-state index contributed by atoms with van der Waals surface area (Å²) in [6.45, 7) is 3.69. The van der Waals surface area contributed by atoms with Gasteiger partial charge in [0.25, 0.3) is 0 Å². The Hall–Kier alpha value is -2.32. The minimum Gasteiger partial charge on any atom is -0.495 e. The first-order valence-electron chi connectivity index (χ1n) is 11.1. The summed E-state index contributed by atoms with van der Waals surface area (Å²) in [5, 5.41) is 0.569. The smallest absolute Gasteiger partial charge is 0.236 e. The Morgan fingerprint density at radius 2 is 1.74 bits per heavy atom. The van der Waals surface area contributed by atoms with Gasteiger partial charge in [-0.3, -0.25) is 0 Å². The molecule has 0 amide bonds. The van der Waals surface area contributed by atoms with Gasteiger partial charge in [0.1, 0.15) is 5.75 Å². The predicted molar refractivity (Wildman–Crippen MR) is 126 cm³/mol. The molecule has 2 heterocycles. The Kier molecular flexibility index (Phi) is 6.97. The predicted octanol–water partition coefficient (Wildman–Crippen LogP) is 3.73. The van der Waals surface area contributed by atoms with Gasteiger partial charge in [-0.1, -0.05) is 37.3 Å². The number of likely N-dealkylation sites (N-methyl/N-ethyl adjacent to an activating group) is 1. The largest absolute Gasteiger partial charge is 0.495 e. The number of ether oxygens (including phenoxy) is 1. The number of rotatable bonds is 5.